The van der Waals surface area contributed by atoms with E-state index in [9.17, 15) is 15.0 Å². The molecule has 1 heterocycles. The predicted octanol–water partition coefficient (Wildman–Crippen LogP) is 9.52. The molecule has 1 aliphatic heterocycles. The van der Waals surface area contributed by atoms with Gasteiger partial charge in [-0.3, -0.25) is 4.79 Å². The summed E-state index contributed by atoms with van der Waals surface area (Å²) in [5.41, 5.74) is 3.06. The van der Waals surface area contributed by atoms with Gasteiger partial charge in [-0.05, 0) is 106 Å². The average Bonchev–Trinajstić information content (AvgIpc) is 3.15. The van der Waals surface area contributed by atoms with E-state index in [0.29, 0.717) is 36.5 Å². The zero-order valence-corrected chi connectivity index (χ0v) is 31.9. The molecule has 9 heteroatoms. The summed E-state index contributed by atoms with van der Waals surface area (Å²) in [6, 6.07) is 23.5. The van der Waals surface area contributed by atoms with Crippen LogP contribution in [0.5, 0.6) is 17.2 Å². The molecule has 2 aliphatic carbocycles. The van der Waals surface area contributed by atoms with Gasteiger partial charge in [-0.2, -0.15) is 0 Å². The molecule has 6 rings (SSSR count). The second-order valence-corrected chi connectivity index (χ2v) is 16.4. The Labute approximate surface area is 318 Å². The number of fused-ring (bicyclic) bond motifs is 2. The van der Waals surface area contributed by atoms with Gasteiger partial charge in [0.25, 0.3) is 0 Å². The van der Waals surface area contributed by atoms with Crippen molar-refractivity contribution in [2.75, 3.05) is 19.8 Å². The molecule has 1 fully saturated rings. The lowest BCUT2D eigenvalue weighted by atomic mass is 9.56. The maximum absolute atomic E-state index is 11.6. The van der Waals surface area contributed by atoms with Crippen molar-refractivity contribution in [1.29, 1.82) is 0 Å². The van der Waals surface area contributed by atoms with Gasteiger partial charge in [0.15, 0.2) is 0 Å². The Bertz CT molecular complexity index is 1770. The van der Waals surface area contributed by atoms with Gasteiger partial charge in [0, 0.05) is 41.6 Å². The summed E-state index contributed by atoms with van der Waals surface area (Å²) in [6.07, 6.45) is 10.5. The smallest absolute Gasteiger partial charge is 0.231 e. The van der Waals surface area contributed by atoms with Gasteiger partial charge in [0.2, 0.25) is 5.79 Å². The second kappa shape index (κ2) is 17.5. The minimum absolute atomic E-state index is 0.0646. The lowest BCUT2D eigenvalue weighted by molar-refractivity contribution is -0.223. The van der Waals surface area contributed by atoms with E-state index >= 15 is 0 Å². The molecule has 0 bridgehead atoms. The molecule has 3 aromatic rings. The number of aliphatic hydroxyl groups is 2. The molecule has 6 atom stereocenters. The van der Waals surface area contributed by atoms with Crippen LogP contribution in [-0.4, -0.2) is 58.7 Å². The molecule has 282 valence electrons. The maximum atomic E-state index is 11.6. The summed E-state index contributed by atoms with van der Waals surface area (Å²) in [7, 11) is 0. The Morgan fingerprint density at radius 2 is 1.72 bits per heavy atom. The fraction of sp³-hybridized carbons (Fsp3) is 0.455. The van der Waals surface area contributed by atoms with Crippen molar-refractivity contribution in [1.82, 2.24) is 0 Å². The molecule has 8 nitrogen and oxygen atoms in total. The largest absolute Gasteiger partial charge is 0.460 e. The van der Waals surface area contributed by atoms with E-state index in [2.05, 4.69) is 30.9 Å². The van der Waals surface area contributed by atoms with Crippen LogP contribution in [0.25, 0.3) is 0 Å². The van der Waals surface area contributed by atoms with Crippen LogP contribution in [0.2, 0.25) is 0 Å². The van der Waals surface area contributed by atoms with Gasteiger partial charge in [-0.1, -0.05) is 60.5 Å². The summed E-state index contributed by atoms with van der Waals surface area (Å²) in [5, 5.41) is 24.4. The first-order valence-corrected chi connectivity index (χ1v) is 19.8. The number of allylic oxidation sites excluding steroid dienone is 1. The van der Waals surface area contributed by atoms with Gasteiger partial charge < -0.3 is 29.3 Å². The highest BCUT2D eigenvalue weighted by atomic mass is 32.2. The first kappa shape index (κ1) is 38.8. The van der Waals surface area contributed by atoms with E-state index in [0.717, 1.165) is 65.9 Å². The monoisotopic (exact) mass is 739 g/mol. The van der Waals surface area contributed by atoms with Gasteiger partial charge in [0.1, 0.15) is 29.1 Å². The van der Waals surface area contributed by atoms with E-state index in [-0.39, 0.29) is 42.1 Å². The molecule has 0 saturated heterocycles. The third kappa shape index (κ3) is 8.92. The van der Waals surface area contributed by atoms with Crippen LogP contribution in [0.4, 0.5) is 0 Å². The number of aldehydes is 1. The lowest BCUT2D eigenvalue weighted by Crippen LogP contribution is -2.64. The molecular formula is C44H53NO7S. The first-order valence-electron chi connectivity index (χ1n) is 18.9. The number of nitrogens with zero attached hydrogens (tertiary/aromatic N) is 1. The summed E-state index contributed by atoms with van der Waals surface area (Å²) in [5.74, 6) is 0.912. The average molecular weight is 740 g/mol. The summed E-state index contributed by atoms with van der Waals surface area (Å²) in [6.45, 7) is 10.6. The summed E-state index contributed by atoms with van der Waals surface area (Å²) >= 11 is 1.74. The second-order valence-electron chi connectivity index (χ2n) is 15.2. The third-order valence-corrected chi connectivity index (χ3v) is 11.6. The first-order chi connectivity index (χ1) is 25.7. The number of benzene rings is 3. The minimum atomic E-state index is -1.08. The highest BCUT2D eigenvalue weighted by Crippen LogP contribution is 2.63. The molecule has 0 spiro atoms. The molecular weight excluding hydrogens is 687 g/mol. The van der Waals surface area contributed by atoms with Crippen LogP contribution in [0.15, 0.2) is 107 Å². The van der Waals surface area contributed by atoms with E-state index < -0.39 is 11.4 Å². The van der Waals surface area contributed by atoms with Crippen LogP contribution in [0.1, 0.15) is 87.6 Å². The van der Waals surface area contributed by atoms with Crippen LogP contribution < -0.4 is 9.47 Å². The van der Waals surface area contributed by atoms with Crippen LogP contribution in [-0.2, 0) is 9.57 Å². The Morgan fingerprint density at radius 1 is 0.962 bits per heavy atom. The summed E-state index contributed by atoms with van der Waals surface area (Å²) in [4.78, 5) is 18.9. The van der Waals surface area contributed by atoms with Crippen molar-refractivity contribution >= 4 is 23.8 Å². The van der Waals surface area contributed by atoms with Gasteiger partial charge in [-0.15, -0.1) is 18.3 Å². The van der Waals surface area contributed by atoms with Gasteiger partial charge >= 0.3 is 0 Å². The molecule has 53 heavy (non-hydrogen) atoms. The zero-order chi connectivity index (χ0) is 37.4. The Hall–Kier alpha value is -3.89. The normalized spacial score (nSPS) is 25.4. The lowest BCUT2D eigenvalue weighted by Gasteiger charge is -2.58. The van der Waals surface area contributed by atoms with Crippen molar-refractivity contribution in [2.45, 2.75) is 93.2 Å². The van der Waals surface area contributed by atoms with Crippen molar-refractivity contribution in [2.24, 2.45) is 22.9 Å². The van der Waals surface area contributed by atoms with Crippen molar-refractivity contribution in [3.63, 3.8) is 0 Å². The summed E-state index contributed by atoms with van der Waals surface area (Å²) < 4.78 is 20.7. The molecule has 1 saturated carbocycles. The van der Waals surface area contributed by atoms with Gasteiger partial charge in [0.05, 0.1) is 23.5 Å². The van der Waals surface area contributed by atoms with E-state index in [4.69, 9.17) is 24.2 Å². The van der Waals surface area contributed by atoms with Crippen LogP contribution >= 0.6 is 11.8 Å². The molecule has 0 radical (unpaired) electrons. The van der Waals surface area contributed by atoms with E-state index in [1.807, 2.05) is 63.2 Å². The number of unbranched alkanes of at least 4 members (excludes halogenated alkanes) is 2. The number of hydrogen-bond acceptors (Lipinski definition) is 9. The molecule has 3 aliphatic rings. The minimum Gasteiger partial charge on any atom is -0.460 e. The molecule has 6 unspecified atom stereocenters. The molecule has 0 amide bonds. The fourth-order valence-electron chi connectivity index (χ4n) is 8.13. The fourth-order valence-corrected chi connectivity index (χ4v) is 9.44. The van der Waals surface area contributed by atoms with Crippen molar-refractivity contribution in [3.8, 4) is 17.2 Å². The Balaban J connectivity index is 1.56. The number of aliphatic hydroxyl groups excluding tert-OH is 2. The zero-order valence-electron chi connectivity index (χ0n) is 31.1. The number of rotatable bonds is 17. The van der Waals surface area contributed by atoms with E-state index in [1.54, 1.807) is 30.0 Å². The predicted molar refractivity (Wildman–Crippen MR) is 210 cm³/mol. The number of ether oxygens (including phenoxy) is 3. The number of carbonyl (C=O) groups is 1. The van der Waals surface area contributed by atoms with E-state index in [1.165, 1.54) is 0 Å². The highest BCUT2D eigenvalue weighted by Gasteiger charge is 2.64. The Kier molecular flexibility index (Phi) is 12.8. The molecule has 2 N–H and O–H groups in total. The number of oxime groups is 1. The Morgan fingerprint density at radius 3 is 2.43 bits per heavy atom. The number of thioether (sulfide) groups is 1. The third-order valence-electron chi connectivity index (χ3n) is 10.3. The topological polar surface area (TPSA) is 107 Å². The van der Waals surface area contributed by atoms with Crippen LogP contribution in [0, 0.1) is 17.8 Å². The van der Waals surface area contributed by atoms with Crippen molar-refractivity contribution < 1.29 is 34.1 Å². The van der Waals surface area contributed by atoms with Gasteiger partial charge in [-0.25, -0.2) is 0 Å². The SMILES string of the molecule is C=CCOC12Oc3ccc(Oc4cccc(C=O)c4)cc3C3C(CCCCO)C(CCCCO)C=C(C(=NOC(C)(C)C)CC1Sc1ccccc1)C32. The quantitative estimate of drug-likeness (QED) is 0.0611. The molecule has 3 aromatic carbocycles. The number of carbonyl (C=O) groups excluding carboxylic acids is 1. The molecule has 0 aromatic heterocycles. The number of hydrogen-bond donors (Lipinski definition) is 2. The standard InChI is InChI=1S/C44H53NO7S/c1-5-24-49-44-40(53-34-17-7-6-8-18-34)28-38(45-52-43(2,3)4)36-26-31(15-9-11-22-46)35(19-10-12-23-47)41(42(36)44)37-27-33(20-21-39(37)51-44)50-32-16-13-14-30(25-32)29-48/h5-8,13-14,16-18,20-21,25-27,29,31,35,40-42,46-47H,1,9-12,15,19,22-24,28H2,2-4H3. The maximum Gasteiger partial charge on any atom is 0.231 e. The highest BCUT2D eigenvalue weighted by molar-refractivity contribution is 8.00. The van der Waals surface area contributed by atoms with Crippen LogP contribution in [0.3, 0.4) is 0 Å². The van der Waals surface area contributed by atoms with Crippen molar-refractivity contribution in [3.05, 3.63) is 108 Å².